The monoisotopic (exact) mass is 376 g/mol. The lowest BCUT2D eigenvalue weighted by Gasteiger charge is -2.34. The van der Waals surface area contributed by atoms with Crippen molar-refractivity contribution >= 4 is 5.91 Å². The molecule has 2 atom stereocenters. The standard InChI is InChI=1S/C21H32N2O4/c1-2-3-19-4-5-20(27-19)13-22-10-16-11-23(12-18(22)15-26-14-16)21(24)17-6-8-25-9-7-17/h4-5,16-18H,2-3,6-15H2,1H3/t16-,18+/m1/s1. The number of hydrogen-bond donors (Lipinski definition) is 0. The second kappa shape index (κ2) is 8.76. The zero-order chi connectivity index (χ0) is 18.6. The van der Waals surface area contributed by atoms with Gasteiger partial charge in [-0.05, 0) is 31.4 Å². The highest BCUT2D eigenvalue weighted by atomic mass is 16.5. The normalized spacial score (nSPS) is 27.5. The Labute approximate surface area is 161 Å². The zero-order valence-electron chi connectivity index (χ0n) is 16.4. The molecule has 0 saturated carbocycles. The lowest BCUT2D eigenvalue weighted by Crippen LogP contribution is -2.47. The predicted molar refractivity (Wildman–Crippen MR) is 101 cm³/mol. The number of rotatable bonds is 5. The fourth-order valence-electron chi connectivity index (χ4n) is 4.59. The molecular weight excluding hydrogens is 344 g/mol. The van der Waals surface area contributed by atoms with Crippen molar-refractivity contribution in [3.8, 4) is 0 Å². The van der Waals surface area contributed by atoms with Crippen LogP contribution >= 0.6 is 0 Å². The molecule has 6 heteroatoms. The Kier molecular flexibility index (Phi) is 6.15. The van der Waals surface area contributed by atoms with Gasteiger partial charge in [-0.2, -0.15) is 0 Å². The molecule has 0 aromatic carbocycles. The van der Waals surface area contributed by atoms with E-state index >= 15 is 0 Å². The van der Waals surface area contributed by atoms with Crippen LogP contribution in [0.5, 0.6) is 0 Å². The lowest BCUT2D eigenvalue weighted by atomic mass is 9.98. The van der Waals surface area contributed by atoms with Gasteiger partial charge in [-0.15, -0.1) is 0 Å². The van der Waals surface area contributed by atoms with E-state index in [0.29, 0.717) is 31.6 Å². The van der Waals surface area contributed by atoms with Crippen LogP contribution in [0.4, 0.5) is 0 Å². The van der Waals surface area contributed by atoms with E-state index in [0.717, 1.165) is 70.0 Å². The van der Waals surface area contributed by atoms with Crippen molar-refractivity contribution in [3.63, 3.8) is 0 Å². The van der Waals surface area contributed by atoms with Crippen molar-refractivity contribution in [2.45, 2.75) is 45.2 Å². The topological polar surface area (TPSA) is 55.2 Å². The van der Waals surface area contributed by atoms with Crippen molar-refractivity contribution in [1.82, 2.24) is 9.80 Å². The molecule has 3 saturated heterocycles. The summed E-state index contributed by atoms with van der Waals surface area (Å²) in [5.41, 5.74) is 0. The van der Waals surface area contributed by atoms with Crippen LogP contribution in [0.2, 0.25) is 0 Å². The SMILES string of the molecule is CCCc1ccc(CN2C[C@H]3COC[C@@H]2CN(C(=O)C2CCOCC2)C3)o1. The van der Waals surface area contributed by atoms with Crippen LogP contribution in [0.1, 0.15) is 37.7 Å². The predicted octanol–water partition coefficient (Wildman–Crippen LogP) is 2.32. The molecule has 3 fully saturated rings. The quantitative estimate of drug-likeness (QED) is 0.789. The average Bonchev–Trinajstić information content (AvgIpc) is 2.92. The van der Waals surface area contributed by atoms with Crippen molar-refractivity contribution in [3.05, 3.63) is 23.7 Å². The van der Waals surface area contributed by atoms with E-state index in [2.05, 4.69) is 28.9 Å². The van der Waals surface area contributed by atoms with Gasteiger partial charge in [0.2, 0.25) is 5.91 Å². The fourth-order valence-corrected chi connectivity index (χ4v) is 4.59. The van der Waals surface area contributed by atoms with Crippen LogP contribution in [0.3, 0.4) is 0 Å². The van der Waals surface area contributed by atoms with E-state index in [1.54, 1.807) is 0 Å². The molecule has 0 unspecified atom stereocenters. The largest absolute Gasteiger partial charge is 0.465 e. The van der Waals surface area contributed by atoms with Crippen LogP contribution in [-0.4, -0.2) is 67.8 Å². The third kappa shape index (κ3) is 4.55. The third-order valence-electron chi connectivity index (χ3n) is 6.04. The van der Waals surface area contributed by atoms with E-state index in [1.165, 1.54) is 0 Å². The van der Waals surface area contributed by atoms with Gasteiger partial charge in [0, 0.05) is 51.1 Å². The number of ether oxygens (including phenoxy) is 2. The first-order valence-corrected chi connectivity index (χ1v) is 10.5. The number of hydrogen-bond acceptors (Lipinski definition) is 5. The number of furan rings is 1. The zero-order valence-corrected chi connectivity index (χ0v) is 16.4. The molecule has 3 aliphatic rings. The van der Waals surface area contributed by atoms with Gasteiger partial charge in [0.25, 0.3) is 0 Å². The second-order valence-electron chi connectivity index (χ2n) is 8.23. The Morgan fingerprint density at radius 1 is 1.07 bits per heavy atom. The maximum Gasteiger partial charge on any atom is 0.225 e. The van der Waals surface area contributed by atoms with Gasteiger partial charge in [-0.1, -0.05) is 6.92 Å². The summed E-state index contributed by atoms with van der Waals surface area (Å²) < 4.78 is 17.4. The minimum Gasteiger partial charge on any atom is -0.465 e. The highest BCUT2D eigenvalue weighted by molar-refractivity contribution is 5.79. The van der Waals surface area contributed by atoms with E-state index in [1.807, 2.05) is 0 Å². The van der Waals surface area contributed by atoms with Crippen molar-refractivity contribution in [1.29, 1.82) is 0 Å². The van der Waals surface area contributed by atoms with Gasteiger partial charge < -0.3 is 18.8 Å². The molecule has 150 valence electrons. The molecule has 4 rings (SSSR count). The van der Waals surface area contributed by atoms with Crippen molar-refractivity contribution in [2.24, 2.45) is 11.8 Å². The fraction of sp³-hybridized carbons (Fsp3) is 0.762. The third-order valence-corrected chi connectivity index (χ3v) is 6.04. The first-order valence-electron chi connectivity index (χ1n) is 10.5. The van der Waals surface area contributed by atoms with E-state index in [-0.39, 0.29) is 12.0 Å². The number of fused-ring (bicyclic) bond motifs is 3. The molecule has 6 nitrogen and oxygen atoms in total. The van der Waals surface area contributed by atoms with Crippen molar-refractivity contribution in [2.75, 3.05) is 46.1 Å². The summed E-state index contributed by atoms with van der Waals surface area (Å²) in [4.78, 5) is 17.6. The smallest absolute Gasteiger partial charge is 0.225 e. The molecular formula is C21H32N2O4. The van der Waals surface area contributed by atoms with Crippen LogP contribution in [0.25, 0.3) is 0 Å². The Balaban J connectivity index is 1.43. The van der Waals surface area contributed by atoms with Gasteiger partial charge >= 0.3 is 0 Å². The molecule has 0 radical (unpaired) electrons. The molecule has 3 aliphatic heterocycles. The molecule has 0 aliphatic carbocycles. The highest BCUT2D eigenvalue weighted by Gasteiger charge is 2.37. The minimum atomic E-state index is 0.133. The summed E-state index contributed by atoms with van der Waals surface area (Å²) in [6, 6.07) is 4.44. The summed E-state index contributed by atoms with van der Waals surface area (Å²) in [5.74, 6) is 2.91. The van der Waals surface area contributed by atoms with Crippen LogP contribution < -0.4 is 0 Å². The Morgan fingerprint density at radius 2 is 1.89 bits per heavy atom. The van der Waals surface area contributed by atoms with Gasteiger partial charge in [-0.25, -0.2) is 0 Å². The number of aryl methyl sites for hydroxylation is 1. The number of carbonyl (C=O) groups excluding carboxylic acids is 1. The van der Waals surface area contributed by atoms with Crippen LogP contribution in [0, 0.1) is 11.8 Å². The van der Waals surface area contributed by atoms with Crippen LogP contribution in [0.15, 0.2) is 16.5 Å². The Bertz CT molecular complexity index is 625. The second-order valence-corrected chi connectivity index (χ2v) is 8.23. The highest BCUT2D eigenvalue weighted by Crippen LogP contribution is 2.25. The van der Waals surface area contributed by atoms with Gasteiger partial charge in [-0.3, -0.25) is 9.69 Å². The van der Waals surface area contributed by atoms with Gasteiger partial charge in [0.05, 0.1) is 25.8 Å². The summed E-state index contributed by atoms with van der Waals surface area (Å²) >= 11 is 0. The first-order chi connectivity index (χ1) is 13.2. The lowest BCUT2D eigenvalue weighted by molar-refractivity contribution is -0.140. The molecule has 1 aromatic rings. The molecule has 1 aromatic heterocycles. The summed E-state index contributed by atoms with van der Waals surface area (Å²) in [6.45, 7) is 8.36. The summed E-state index contributed by atoms with van der Waals surface area (Å²) in [5, 5.41) is 0. The Morgan fingerprint density at radius 3 is 2.70 bits per heavy atom. The van der Waals surface area contributed by atoms with Crippen LogP contribution in [-0.2, 0) is 27.2 Å². The van der Waals surface area contributed by atoms with E-state index in [9.17, 15) is 4.79 Å². The van der Waals surface area contributed by atoms with Gasteiger partial charge in [0.15, 0.2) is 0 Å². The number of carbonyl (C=O) groups is 1. The van der Waals surface area contributed by atoms with E-state index in [4.69, 9.17) is 13.9 Å². The first kappa shape index (κ1) is 19.0. The van der Waals surface area contributed by atoms with E-state index < -0.39 is 0 Å². The maximum absolute atomic E-state index is 13.1. The minimum absolute atomic E-state index is 0.133. The average molecular weight is 376 g/mol. The number of amides is 1. The van der Waals surface area contributed by atoms with Gasteiger partial charge in [0.1, 0.15) is 11.5 Å². The summed E-state index contributed by atoms with van der Waals surface area (Å²) in [6.07, 6.45) is 3.80. The molecule has 0 spiro atoms. The van der Waals surface area contributed by atoms with Crippen molar-refractivity contribution < 1.29 is 18.7 Å². The maximum atomic E-state index is 13.1. The Hall–Kier alpha value is -1.37. The number of nitrogens with zero attached hydrogens (tertiary/aromatic N) is 2. The summed E-state index contributed by atoms with van der Waals surface area (Å²) in [7, 11) is 0. The molecule has 2 bridgehead atoms. The molecule has 4 heterocycles. The molecule has 1 amide bonds. The molecule has 27 heavy (non-hydrogen) atoms. The molecule has 0 N–H and O–H groups in total.